The predicted octanol–water partition coefficient (Wildman–Crippen LogP) is 5.81. The topological polar surface area (TPSA) is 175 Å². The number of carbonyl (C=O) groups excluding carboxylic acids is 4. The van der Waals surface area contributed by atoms with E-state index in [1.807, 2.05) is 118 Å². The summed E-state index contributed by atoms with van der Waals surface area (Å²) in [6.07, 6.45) is 2.93. The molecule has 14 nitrogen and oxygen atoms in total. The number of hydrogen-bond acceptors (Lipinski definition) is 8. The zero-order valence-corrected chi connectivity index (χ0v) is 35.3. The molecule has 0 aliphatic carbocycles. The van der Waals surface area contributed by atoms with Crippen molar-refractivity contribution >= 4 is 23.6 Å². The highest BCUT2D eigenvalue weighted by atomic mass is 16.5. The fourth-order valence-corrected chi connectivity index (χ4v) is 7.69. The highest BCUT2D eigenvalue weighted by Crippen LogP contribution is 2.35. The van der Waals surface area contributed by atoms with Gasteiger partial charge in [-0.15, -0.1) is 0 Å². The van der Waals surface area contributed by atoms with Crippen molar-refractivity contribution in [2.24, 2.45) is 10.8 Å². The van der Waals surface area contributed by atoms with E-state index in [0.29, 0.717) is 37.8 Å². The summed E-state index contributed by atoms with van der Waals surface area (Å²) in [7, 11) is 0. The Morgan fingerprint density at radius 3 is 1.16 bits per heavy atom. The van der Waals surface area contributed by atoms with Gasteiger partial charge in [0.1, 0.15) is 11.6 Å². The van der Waals surface area contributed by atoms with E-state index in [2.05, 4.69) is 30.6 Å². The van der Waals surface area contributed by atoms with Gasteiger partial charge in [0, 0.05) is 26.2 Å². The van der Waals surface area contributed by atoms with Crippen LogP contribution in [0.25, 0.3) is 33.6 Å². The lowest BCUT2D eigenvalue weighted by Gasteiger charge is -2.36. The molecule has 2 aromatic heterocycles. The van der Waals surface area contributed by atoms with E-state index in [1.165, 1.54) is 0 Å². The Morgan fingerprint density at radius 2 is 0.862 bits per heavy atom. The summed E-state index contributed by atoms with van der Waals surface area (Å²) in [4.78, 5) is 71.8. The summed E-state index contributed by atoms with van der Waals surface area (Å²) in [5, 5.41) is 5.89. The molecular weight excluding hydrogens is 737 g/mol. The Labute approximate surface area is 340 Å². The van der Waals surface area contributed by atoms with Crippen molar-refractivity contribution in [2.45, 2.75) is 106 Å². The van der Waals surface area contributed by atoms with Gasteiger partial charge in [-0.05, 0) is 60.8 Å². The molecule has 310 valence electrons. The molecule has 58 heavy (non-hydrogen) atoms. The van der Waals surface area contributed by atoms with Crippen molar-refractivity contribution in [2.75, 3.05) is 26.2 Å². The highest BCUT2D eigenvalue weighted by Gasteiger charge is 2.37. The van der Waals surface area contributed by atoms with E-state index in [9.17, 15) is 19.2 Å². The van der Waals surface area contributed by atoms with E-state index in [-0.39, 0.29) is 24.4 Å². The maximum Gasteiger partial charge on any atom is 0.312 e. The molecule has 2 fully saturated rings. The van der Waals surface area contributed by atoms with Gasteiger partial charge in [0.2, 0.25) is 0 Å². The van der Waals surface area contributed by atoms with Crippen LogP contribution in [0.4, 0.5) is 0 Å². The van der Waals surface area contributed by atoms with Gasteiger partial charge in [-0.1, -0.05) is 90.1 Å². The number of benzene rings is 2. The van der Waals surface area contributed by atoms with Crippen LogP contribution in [0.5, 0.6) is 0 Å². The summed E-state index contributed by atoms with van der Waals surface area (Å²) in [6.45, 7) is 21.0. The number of nitrogens with zero attached hydrogens (tertiary/aromatic N) is 4. The SMILES string of the molecule is CC1CN(C(=O)C(=O)N[C@H](c2ncc(-c3ccc(-c4ccc(-c5cnc([C@@H](NC(=O)C(=O)N6CC(C)OC(C)C6)C(C)(C)C)[nH]5)cc4)cc3)[nH]2)C(C)(C)C)CC(C)O1. The van der Waals surface area contributed by atoms with E-state index in [0.717, 1.165) is 33.6 Å². The van der Waals surface area contributed by atoms with Crippen molar-refractivity contribution in [3.63, 3.8) is 0 Å². The largest absolute Gasteiger partial charge is 0.372 e. The number of carbonyl (C=O) groups is 4. The smallest absolute Gasteiger partial charge is 0.312 e. The van der Waals surface area contributed by atoms with Crippen molar-refractivity contribution in [3.8, 4) is 33.6 Å². The Morgan fingerprint density at radius 1 is 0.569 bits per heavy atom. The summed E-state index contributed by atoms with van der Waals surface area (Å²) in [5.74, 6) is -1.34. The molecule has 6 rings (SSSR count). The number of aromatic nitrogens is 4. The quantitative estimate of drug-likeness (QED) is 0.170. The third-order valence-corrected chi connectivity index (χ3v) is 10.5. The molecule has 2 saturated heterocycles. The maximum atomic E-state index is 13.2. The van der Waals surface area contributed by atoms with Crippen LogP contribution in [-0.4, -0.2) is 104 Å². The second-order valence-corrected chi connectivity index (χ2v) is 18.0. The second-order valence-electron chi connectivity index (χ2n) is 18.0. The van der Waals surface area contributed by atoms with Crippen LogP contribution in [0.1, 0.15) is 93.0 Å². The molecule has 2 aromatic carbocycles. The molecule has 4 heterocycles. The van der Waals surface area contributed by atoms with Crippen molar-refractivity contribution in [1.29, 1.82) is 0 Å². The van der Waals surface area contributed by atoms with Gasteiger partial charge in [-0.3, -0.25) is 19.2 Å². The molecule has 4 unspecified atom stereocenters. The average molecular weight is 795 g/mol. The van der Waals surface area contributed by atoms with E-state index in [1.54, 1.807) is 22.2 Å². The van der Waals surface area contributed by atoms with Gasteiger partial charge in [0.25, 0.3) is 0 Å². The minimum absolute atomic E-state index is 0.141. The van der Waals surface area contributed by atoms with Crippen LogP contribution in [0.3, 0.4) is 0 Å². The Kier molecular flexibility index (Phi) is 12.3. The Bertz CT molecular complexity index is 1920. The fourth-order valence-electron chi connectivity index (χ4n) is 7.69. The minimum Gasteiger partial charge on any atom is -0.372 e. The molecule has 0 radical (unpaired) electrons. The number of amides is 4. The molecule has 6 atom stereocenters. The lowest BCUT2D eigenvalue weighted by atomic mass is 9.86. The minimum atomic E-state index is -0.664. The molecule has 0 spiro atoms. The van der Waals surface area contributed by atoms with Crippen molar-refractivity contribution < 1.29 is 28.7 Å². The third kappa shape index (κ3) is 9.84. The molecule has 2 aliphatic rings. The molecule has 4 N–H and O–H groups in total. The lowest BCUT2D eigenvalue weighted by Crippen LogP contribution is -2.53. The monoisotopic (exact) mass is 794 g/mol. The number of H-pyrrole nitrogens is 2. The number of morpholine rings is 2. The van der Waals surface area contributed by atoms with Crippen LogP contribution in [0.2, 0.25) is 0 Å². The molecule has 4 amide bonds. The van der Waals surface area contributed by atoms with Gasteiger partial charge < -0.3 is 39.9 Å². The summed E-state index contributed by atoms with van der Waals surface area (Å²) < 4.78 is 11.5. The normalized spacial score (nSPS) is 21.3. The van der Waals surface area contributed by atoms with Gasteiger partial charge in [0.15, 0.2) is 0 Å². The first kappa shape index (κ1) is 42.3. The first-order valence-corrected chi connectivity index (χ1v) is 20.1. The van der Waals surface area contributed by atoms with Crippen LogP contribution < -0.4 is 10.6 Å². The van der Waals surface area contributed by atoms with Crippen molar-refractivity contribution in [1.82, 2.24) is 40.4 Å². The number of imidazole rings is 2. The van der Waals surface area contributed by atoms with Crippen molar-refractivity contribution in [3.05, 3.63) is 72.6 Å². The average Bonchev–Trinajstić information content (AvgIpc) is 3.85. The molecular formula is C44H58N8O6. The van der Waals surface area contributed by atoms with Gasteiger partial charge in [-0.2, -0.15) is 0 Å². The van der Waals surface area contributed by atoms with E-state index in [4.69, 9.17) is 9.47 Å². The fraction of sp³-hybridized carbons (Fsp3) is 0.500. The van der Waals surface area contributed by atoms with Gasteiger partial charge >= 0.3 is 23.6 Å². The zero-order valence-electron chi connectivity index (χ0n) is 35.3. The van der Waals surface area contributed by atoms with Crippen LogP contribution in [0.15, 0.2) is 60.9 Å². The summed E-state index contributed by atoms with van der Waals surface area (Å²) in [6, 6.07) is 15.2. The van der Waals surface area contributed by atoms with E-state index >= 15 is 0 Å². The highest BCUT2D eigenvalue weighted by molar-refractivity contribution is 6.35. The standard InChI is InChI=1S/C44H58N8O6/c1-25-21-51(22-26(2)57-25)41(55)39(53)49-35(43(5,6)7)37-45-19-33(47-37)31-15-11-29(12-16-31)30-13-17-32(18-14-30)34-20-46-38(48-34)36(44(8,9)10)50-40(54)42(56)52-23-27(3)58-28(4)24-52/h11-20,25-28,35-36H,21-24H2,1-10H3,(H,45,47)(H,46,48)(H,49,53)(H,50,54)/t25?,26?,27?,28?,35-,36-/m1/s1. The van der Waals surface area contributed by atoms with Gasteiger partial charge in [-0.25, -0.2) is 9.97 Å². The first-order valence-electron chi connectivity index (χ1n) is 20.1. The number of rotatable bonds is 7. The van der Waals surface area contributed by atoms with E-state index < -0.39 is 46.5 Å². The summed E-state index contributed by atoms with van der Waals surface area (Å²) >= 11 is 0. The van der Waals surface area contributed by atoms with Crippen LogP contribution in [0, 0.1) is 10.8 Å². The molecule has 0 saturated carbocycles. The lowest BCUT2D eigenvalue weighted by molar-refractivity contribution is -0.154. The van der Waals surface area contributed by atoms with Gasteiger partial charge in [0.05, 0.1) is 60.3 Å². The Balaban J connectivity index is 1.11. The molecule has 2 aliphatic heterocycles. The van der Waals surface area contributed by atoms with Crippen LogP contribution in [-0.2, 0) is 28.7 Å². The number of aromatic amines is 2. The number of hydrogen-bond donors (Lipinski definition) is 4. The zero-order chi connectivity index (χ0) is 42.1. The first-order chi connectivity index (χ1) is 27.3. The number of ether oxygens (including phenoxy) is 2. The predicted molar refractivity (Wildman–Crippen MR) is 221 cm³/mol. The summed E-state index contributed by atoms with van der Waals surface area (Å²) in [5.41, 5.74) is 4.60. The molecule has 0 bridgehead atoms. The maximum absolute atomic E-state index is 13.2. The Hall–Kier alpha value is -5.34. The number of nitrogens with one attached hydrogen (secondary N) is 4. The van der Waals surface area contributed by atoms with Crippen LogP contribution >= 0.6 is 0 Å². The molecule has 4 aromatic rings. The molecule has 14 heteroatoms. The third-order valence-electron chi connectivity index (χ3n) is 10.5. The second kappa shape index (κ2) is 16.9.